The Kier molecular flexibility index (Phi) is 5.96. The fourth-order valence-electron chi connectivity index (χ4n) is 3.21. The molecule has 3 rings (SSSR count). The number of aryl methyl sites for hydroxylation is 1. The van der Waals surface area contributed by atoms with Crippen LogP contribution in [-0.4, -0.2) is 52.8 Å². The second-order valence-electron chi connectivity index (χ2n) is 7.82. The van der Waals surface area contributed by atoms with Gasteiger partial charge < -0.3 is 20.5 Å². The third kappa shape index (κ3) is 4.89. The fraction of sp³-hybridized carbons (Fsp3) is 0.318. The molecule has 30 heavy (non-hydrogen) atoms. The van der Waals surface area contributed by atoms with E-state index in [1.54, 1.807) is 26.0 Å². The first kappa shape index (κ1) is 21.2. The first-order valence-corrected chi connectivity index (χ1v) is 9.59. The molecule has 4 amide bonds. The van der Waals surface area contributed by atoms with Gasteiger partial charge in [0.1, 0.15) is 17.9 Å². The highest BCUT2D eigenvalue weighted by atomic mass is 16.5. The Morgan fingerprint density at radius 1 is 1.10 bits per heavy atom. The highest BCUT2D eigenvalue weighted by Crippen LogP contribution is 2.23. The van der Waals surface area contributed by atoms with E-state index in [-0.39, 0.29) is 13.2 Å². The molecule has 1 heterocycles. The van der Waals surface area contributed by atoms with E-state index in [1.807, 2.05) is 43.3 Å². The van der Waals surface area contributed by atoms with Crippen LogP contribution in [0.3, 0.4) is 0 Å². The minimum Gasteiger partial charge on any atom is -0.491 e. The first-order chi connectivity index (χ1) is 14.2. The van der Waals surface area contributed by atoms with Crippen molar-refractivity contribution in [3.05, 3.63) is 54.1 Å². The molecule has 2 aromatic carbocycles. The van der Waals surface area contributed by atoms with Crippen LogP contribution in [0.2, 0.25) is 0 Å². The Labute approximate surface area is 174 Å². The van der Waals surface area contributed by atoms with Crippen molar-refractivity contribution in [2.45, 2.75) is 32.4 Å². The summed E-state index contributed by atoms with van der Waals surface area (Å²) < 4.78 is 5.72. The molecule has 8 nitrogen and oxygen atoms in total. The van der Waals surface area contributed by atoms with Crippen LogP contribution in [0.1, 0.15) is 19.4 Å². The van der Waals surface area contributed by atoms with Gasteiger partial charge in [-0.25, -0.2) is 9.59 Å². The van der Waals surface area contributed by atoms with E-state index in [2.05, 4.69) is 10.6 Å². The maximum absolute atomic E-state index is 12.4. The minimum atomic E-state index is -1.26. The quantitative estimate of drug-likeness (QED) is 0.607. The van der Waals surface area contributed by atoms with Crippen molar-refractivity contribution >= 4 is 18.0 Å². The number of carbonyl (C=O) groups excluding carboxylic acids is 2. The maximum Gasteiger partial charge on any atom is 0.405 e. The van der Waals surface area contributed by atoms with E-state index in [0.717, 1.165) is 16.0 Å². The number of hydrogen-bond donors (Lipinski definition) is 3. The number of ether oxygens (including phenoxy) is 1. The van der Waals surface area contributed by atoms with Crippen molar-refractivity contribution in [3.8, 4) is 16.9 Å². The summed E-state index contributed by atoms with van der Waals surface area (Å²) in [6.07, 6.45) is -1.26. The van der Waals surface area contributed by atoms with Crippen LogP contribution < -0.4 is 15.4 Å². The lowest BCUT2D eigenvalue weighted by atomic mass is 10.0. The zero-order valence-electron chi connectivity index (χ0n) is 17.1. The largest absolute Gasteiger partial charge is 0.491 e. The van der Waals surface area contributed by atoms with Crippen molar-refractivity contribution in [1.29, 1.82) is 0 Å². The molecule has 0 saturated carbocycles. The van der Waals surface area contributed by atoms with Gasteiger partial charge in [0, 0.05) is 0 Å². The van der Waals surface area contributed by atoms with Gasteiger partial charge in [0.05, 0.1) is 12.6 Å². The average molecular weight is 411 g/mol. The highest BCUT2D eigenvalue weighted by Gasteiger charge is 2.45. The Hall–Kier alpha value is -3.55. The molecular weight excluding hydrogens is 386 g/mol. The zero-order valence-corrected chi connectivity index (χ0v) is 17.1. The summed E-state index contributed by atoms with van der Waals surface area (Å²) in [5.41, 5.74) is 2.28. The minimum absolute atomic E-state index is 0.0341. The Balaban J connectivity index is 1.64. The monoisotopic (exact) mass is 411 g/mol. The lowest BCUT2D eigenvalue weighted by molar-refractivity contribution is -0.130. The van der Waals surface area contributed by atoms with Crippen LogP contribution in [0.25, 0.3) is 11.1 Å². The SMILES string of the molecule is Cc1ccc(-c2ccc(OC[C@H](CN3C(=O)NC(C)(C)C3=O)NC(=O)O)cc2)cc1. The summed E-state index contributed by atoms with van der Waals surface area (Å²) in [6, 6.07) is 14.3. The van der Waals surface area contributed by atoms with Crippen LogP contribution in [0.5, 0.6) is 5.75 Å². The van der Waals surface area contributed by atoms with Crippen molar-refractivity contribution in [2.75, 3.05) is 13.2 Å². The number of hydrogen-bond acceptors (Lipinski definition) is 4. The number of imide groups is 1. The summed E-state index contributed by atoms with van der Waals surface area (Å²) in [4.78, 5) is 36.6. The Morgan fingerprint density at radius 2 is 1.67 bits per heavy atom. The molecule has 8 heteroatoms. The maximum atomic E-state index is 12.4. The molecule has 0 unspecified atom stereocenters. The lowest BCUT2D eigenvalue weighted by Gasteiger charge is -2.23. The second-order valence-corrected chi connectivity index (χ2v) is 7.82. The molecule has 1 aliphatic heterocycles. The number of benzene rings is 2. The fourth-order valence-corrected chi connectivity index (χ4v) is 3.21. The molecule has 1 fully saturated rings. The number of urea groups is 1. The van der Waals surface area contributed by atoms with E-state index in [1.165, 1.54) is 5.56 Å². The highest BCUT2D eigenvalue weighted by molar-refractivity contribution is 6.06. The van der Waals surface area contributed by atoms with Gasteiger partial charge in [0.15, 0.2) is 0 Å². The van der Waals surface area contributed by atoms with E-state index < -0.39 is 29.6 Å². The molecule has 0 spiro atoms. The summed E-state index contributed by atoms with van der Waals surface area (Å²) >= 11 is 0. The summed E-state index contributed by atoms with van der Waals surface area (Å²) in [5.74, 6) is 0.146. The van der Waals surface area contributed by atoms with Gasteiger partial charge in [0.25, 0.3) is 5.91 Å². The number of rotatable bonds is 7. The third-order valence-corrected chi connectivity index (χ3v) is 4.87. The van der Waals surface area contributed by atoms with Gasteiger partial charge >= 0.3 is 12.1 Å². The first-order valence-electron chi connectivity index (χ1n) is 9.59. The summed E-state index contributed by atoms with van der Waals surface area (Å²) in [6.45, 7) is 5.07. The van der Waals surface area contributed by atoms with Crippen LogP contribution in [0, 0.1) is 6.92 Å². The number of carbonyl (C=O) groups is 3. The van der Waals surface area contributed by atoms with Crippen molar-refractivity contribution in [2.24, 2.45) is 0 Å². The van der Waals surface area contributed by atoms with Crippen LogP contribution in [-0.2, 0) is 4.79 Å². The number of carboxylic acid groups (broad SMARTS) is 1. The zero-order chi connectivity index (χ0) is 21.9. The number of nitrogens with one attached hydrogen (secondary N) is 2. The van der Waals surface area contributed by atoms with Crippen molar-refractivity contribution in [3.63, 3.8) is 0 Å². The van der Waals surface area contributed by atoms with Crippen LogP contribution in [0.4, 0.5) is 9.59 Å². The van der Waals surface area contributed by atoms with Crippen molar-refractivity contribution < 1.29 is 24.2 Å². The predicted octanol–water partition coefficient (Wildman–Crippen LogP) is 3.01. The molecule has 0 radical (unpaired) electrons. The van der Waals surface area contributed by atoms with E-state index in [0.29, 0.717) is 5.75 Å². The van der Waals surface area contributed by atoms with Gasteiger partial charge in [-0.05, 0) is 44.0 Å². The molecule has 0 aliphatic carbocycles. The van der Waals surface area contributed by atoms with E-state index in [9.17, 15) is 14.4 Å². The predicted molar refractivity (Wildman–Crippen MR) is 111 cm³/mol. The van der Waals surface area contributed by atoms with Gasteiger partial charge in [-0.1, -0.05) is 42.0 Å². The molecular formula is C22H25N3O5. The Morgan fingerprint density at radius 3 is 2.17 bits per heavy atom. The second kappa shape index (κ2) is 8.44. The summed E-state index contributed by atoms with van der Waals surface area (Å²) in [7, 11) is 0. The molecule has 1 aliphatic rings. The normalized spacial score (nSPS) is 16.2. The van der Waals surface area contributed by atoms with Crippen molar-refractivity contribution in [1.82, 2.24) is 15.5 Å². The number of nitrogens with zero attached hydrogens (tertiary/aromatic N) is 1. The van der Waals surface area contributed by atoms with Crippen LogP contribution >= 0.6 is 0 Å². The number of amides is 4. The topological polar surface area (TPSA) is 108 Å². The van der Waals surface area contributed by atoms with Gasteiger partial charge in [-0.15, -0.1) is 0 Å². The standard InChI is InChI=1S/C22H25N3O5/c1-14-4-6-15(7-5-14)16-8-10-18(11-9-16)30-13-17(23-21(28)29)12-25-19(26)22(2,3)24-20(25)27/h4-11,17,23H,12-13H2,1-3H3,(H,24,27)(H,28,29)/t17-/m0/s1. The van der Waals surface area contributed by atoms with E-state index in [4.69, 9.17) is 9.84 Å². The molecule has 3 N–H and O–H groups in total. The van der Waals surface area contributed by atoms with Crippen LogP contribution in [0.15, 0.2) is 48.5 Å². The lowest BCUT2D eigenvalue weighted by Crippen LogP contribution is -2.49. The molecule has 158 valence electrons. The van der Waals surface area contributed by atoms with Gasteiger partial charge in [-0.2, -0.15) is 0 Å². The molecule has 0 aromatic heterocycles. The molecule has 0 bridgehead atoms. The molecule has 1 atom stereocenters. The molecule has 2 aromatic rings. The summed E-state index contributed by atoms with van der Waals surface area (Å²) in [5, 5.41) is 14.0. The van der Waals surface area contributed by atoms with Gasteiger partial charge in [-0.3, -0.25) is 9.69 Å². The average Bonchev–Trinajstić information content (AvgIpc) is 2.88. The smallest absolute Gasteiger partial charge is 0.405 e. The Bertz CT molecular complexity index is 938. The van der Waals surface area contributed by atoms with Gasteiger partial charge in [0.2, 0.25) is 0 Å². The third-order valence-electron chi connectivity index (χ3n) is 4.87. The molecule has 1 saturated heterocycles. The van der Waals surface area contributed by atoms with E-state index >= 15 is 0 Å².